The first-order valence-corrected chi connectivity index (χ1v) is 7.58. The normalized spacial score (nSPS) is 17.4. The van der Waals surface area contributed by atoms with Gasteiger partial charge in [0.1, 0.15) is 0 Å². The molecule has 5 nitrogen and oxygen atoms in total. The molecule has 2 aromatic rings. The van der Waals surface area contributed by atoms with E-state index in [4.69, 9.17) is 0 Å². The van der Waals surface area contributed by atoms with E-state index in [1.807, 2.05) is 0 Å². The highest BCUT2D eigenvalue weighted by atomic mass is 16.3. The smallest absolute Gasteiger partial charge is 0.314 e. The van der Waals surface area contributed by atoms with Crippen LogP contribution in [0.15, 0.2) is 27.8 Å². The van der Waals surface area contributed by atoms with Crippen molar-refractivity contribution in [2.75, 3.05) is 0 Å². The van der Waals surface area contributed by atoms with Gasteiger partial charge in [-0.05, 0) is 36.5 Å². The van der Waals surface area contributed by atoms with Crippen LogP contribution < -0.4 is 11.1 Å². The number of hydrogen-bond donors (Lipinski definition) is 3. The van der Waals surface area contributed by atoms with Gasteiger partial charge >= 0.3 is 11.1 Å². The number of fused-ring (bicyclic) bond motifs is 1. The van der Waals surface area contributed by atoms with Gasteiger partial charge in [0, 0.05) is 0 Å². The molecule has 0 bridgehead atoms. The summed E-state index contributed by atoms with van der Waals surface area (Å²) in [7, 11) is 0. The van der Waals surface area contributed by atoms with Gasteiger partial charge in [-0.3, -0.25) is 9.59 Å². The quantitative estimate of drug-likeness (QED) is 0.754. The van der Waals surface area contributed by atoms with Crippen LogP contribution in [-0.2, 0) is 0 Å². The molecule has 1 fully saturated rings. The molecule has 0 radical (unpaired) electrons. The molecule has 1 aromatic carbocycles. The molecular formula is C16H20N2O3. The van der Waals surface area contributed by atoms with Gasteiger partial charge in [-0.1, -0.05) is 31.7 Å². The number of aliphatic hydroxyl groups is 1. The predicted octanol–water partition coefficient (Wildman–Crippen LogP) is 2.22. The minimum atomic E-state index is -0.667. The Morgan fingerprint density at radius 2 is 1.76 bits per heavy atom. The molecule has 1 aliphatic rings. The van der Waals surface area contributed by atoms with E-state index in [1.54, 1.807) is 18.2 Å². The van der Waals surface area contributed by atoms with E-state index in [-0.39, 0.29) is 0 Å². The lowest BCUT2D eigenvalue weighted by Gasteiger charge is -2.14. The van der Waals surface area contributed by atoms with Gasteiger partial charge in [-0.2, -0.15) is 0 Å². The summed E-state index contributed by atoms with van der Waals surface area (Å²) in [5.41, 5.74) is 0.587. The number of H-pyrrole nitrogens is 2. The second-order valence-electron chi connectivity index (χ2n) is 5.96. The highest BCUT2D eigenvalue weighted by Gasteiger charge is 2.17. The maximum atomic E-state index is 11.4. The van der Waals surface area contributed by atoms with E-state index in [0.717, 1.165) is 24.3 Å². The van der Waals surface area contributed by atoms with E-state index in [0.29, 0.717) is 11.0 Å². The monoisotopic (exact) mass is 288 g/mol. The molecule has 5 heteroatoms. The van der Waals surface area contributed by atoms with Crippen molar-refractivity contribution in [3.8, 4) is 0 Å². The van der Waals surface area contributed by atoms with Gasteiger partial charge in [-0.15, -0.1) is 0 Å². The van der Waals surface area contributed by atoms with E-state index in [9.17, 15) is 14.7 Å². The summed E-state index contributed by atoms with van der Waals surface area (Å²) in [6, 6.07) is 5.27. The van der Waals surface area contributed by atoms with E-state index in [2.05, 4.69) is 9.97 Å². The number of rotatable bonds is 4. The summed E-state index contributed by atoms with van der Waals surface area (Å²) in [4.78, 5) is 27.7. The number of benzene rings is 1. The maximum absolute atomic E-state index is 11.4. The zero-order chi connectivity index (χ0) is 14.8. The average molecular weight is 288 g/mol. The van der Waals surface area contributed by atoms with Crippen LogP contribution >= 0.6 is 0 Å². The van der Waals surface area contributed by atoms with E-state index < -0.39 is 17.2 Å². The molecule has 1 unspecified atom stereocenters. The molecule has 0 aliphatic heterocycles. The van der Waals surface area contributed by atoms with Crippen molar-refractivity contribution in [1.29, 1.82) is 0 Å². The van der Waals surface area contributed by atoms with Crippen LogP contribution in [0.25, 0.3) is 11.0 Å². The highest BCUT2D eigenvalue weighted by molar-refractivity contribution is 5.74. The van der Waals surface area contributed by atoms with Crippen LogP contribution in [0.5, 0.6) is 0 Å². The summed E-state index contributed by atoms with van der Waals surface area (Å²) in [5, 5.41) is 10.3. The molecule has 3 rings (SSSR count). The number of nitrogens with one attached hydrogen (secondary N) is 2. The lowest BCUT2D eigenvalue weighted by atomic mass is 9.96. The largest absolute Gasteiger partial charge is 0.388 e. The van der Waals surface area contributed by atoms with Crippen molar-refractivity contribution in [3.63, 3.8) is 0 Å². The first-order valence-electron chi connectivity index (χ1n) is 7.58. The van der Waals surface area contributed by atoms with Crippen molar-refractivity contribution < 1.29 is 5.11 Å². The van der Waals surface area contributed by atoms with Crippen molar-refractivity contribution >= 4 is 11.0 Å². The molecule has 0 saturated heterocycles. The molecule has 1 heterocycles. The van der Waals surface area contributed by atoms with Gasteiger partial charge in [0.15, 0.2) is 0 Å². The first kappa shape index (κ1) is 14.1. The number of aliphatic hydroxyl groups excluding tert-OH is 1. The highest BCUT2D eigenvalue weighted by Crippen LogP contribution is 2.31. The molecule has 0 amide bonds. The standard InChI is InChI=1S/C16H20N2O3/c19-14(8-5-10-3-1-2-4-10)11-6-7-12-13(9-11)18-16(21)15(20)17-12/h6-7,9-10,14,19H,1-5,8H2,(H,17,20)(H,18,21). The molecule has 112 valence electrons. The summed E-state index contributed by atoms with van der Waals surface area (Å²) in [5.74, 6) is 0.747. The van der Waals surface area contributed by atoms with Gasteiger partial charge in [0.05, 0.1) is 17.1 Å². The summed E-state index contributed by atoms with van der Waals surface area (Å²) in [6.07, 6.45) is 6.44. The van der Waals surface area contributed by atoms with Crippen molar-refractivity contribution in [3.05, 3.63) is 44.5 Å². The summed E-state index contributed by atoms with van der Waals surface area (Å²) < 4.78 is 0. The Kier molecular flexibility index (Phi) is 3.92. The van der Waals surface area contributed by atoms with Gasteiger partial charge in [0.25, 0.3) is 0 Å². The van der Waals surface area contributed by atoms with Crippen LogP contribution in [0.3, 0.4) is 0 Å². The van der Waals surface area contributed by atoms with Crippen LogP contribution in [0.2, 0.25) is 0 Å². The second-order valence-corrected chi connectivity index (χ2v) is 5.96. The van der Waals surface area contributed by atoms with Crippen molar-refractivity contribution in [2.24, 2.45) is 5.92 Å². The molecular weight excluding hydrogens is 268 g/mol. The Morgan fingerprint density at radius 3 is 2.48 bits per heavy atom. The molecule has 1 atom stereocenters. The van der Waals surface area contributed by atoms with Crippen LogP contribution in [-0.4, -0.2) is 15.1 Å². The summed E-state index contributed by atoms with van der Waals surface area (Å²) >= 11 is 0. The van der Waals surface area contributed by atoms with E-state index in [1.165, 1.54) is 25.7 Å². The Hall–Kier alpha value is -1.88. The minimum Gasteiger partial charge on any atom is -0.388 e. The third kappa shape index (κ3) is 3.08. The van der Waals surface area contributed by atoms with Crippen LogP contribution in [0.1, 0.15) is 50.2 Å². The zero-order valence-electron chi connectivity index (χ0n) is 11.9. The minimum absolute atomic E-state index is 0.523. The Balaban J connectivity index is 1.77. The molecule has 1 saturated carbocycles. The Labute approximate surface area is 122 Å². The fraction of sp³-hybridized carbons (Fsp3) is 0.500. The SMILES string of the molecule is O=c1[nH]c2ccc(C(O)CCC3CCCC3)cc2[nH]c1=O. The Morgan fingerprint density at radius 1 is 1.10 bits per heavy atom. The molecule has 1 aromatic heterocycles. The number of aromatic nitrogens is 2. The van der Waals surface area contributed by atoms with Crippen LogP contribution in [0.4, 0.5) is 0 Å². The molecule has 21 heavy (non-hydrogen) atoms. The fourth-order valence-electron chi connectivity index (χ4n) is 3.20. The van der Waals surface area contributed by atoms with Crippen molar-refractivity contribution in [1.82, 2.24) is 9.97 Å². The lowest BCUT2D eigenvalue weighted by molar-refractivity contribution is 0.157. The third-order valence-electron chi connectivity index (χ3n) is 4.45. The summed E-state index contributed by atoms with van der Waals surface area (Å²) in [6.45, 7) is 0. The zero-order valence-corrected chi connectivity index (χ0v) is 11.9. The number of aromatic amines is 2. The average Bonchev–Trinajstić information content (AvgIpc) is 2.99. The lowest BCUT2D eigenvalue weighted by Crippen LogP contribution is -2.28. The van der Waals surface area contributed by atoms with Crippen LogP contribution in [0, 0.1) is 5.92 Å². The first-order chi connectivity index (χ1) is 10.1. The van der Waals surface area contributed by atoms with Gasteiger partial charge in [0.2, 0.25) is 0 Å². The maximum Gasteiger partial charge on any atom is 0.314 e. The van der Waals surface area contributed by atoms with Gasteiger partial charge in [-0.25, -0.2) is 0 Å². The number of hydrogen-bond acceptors (Lipinski definition) is 3. The molecule has 0 spiro atoms. The second kappa shape index (κ2) is 5.85. The third-order valence-corrected chi connectivity index (χ3v) is 4.45. The van der Waals surface area contributed by atoms with E-state index >= 15 is 0 Å². The van der Waals surface area contributed by atoms with Gasteiger partial charge < -0.3 is 15.1 Å². The van der Waals surface area contributed by atoms with Crippen molar-refractivity contribution in [2.45, 2.75) is 44.6 Å². The Bertz CT molecular complexity index is 741. The predicted molar refractivity (Wildman–Crippen MR) is 81.3 cm³/mol. The topological polar surface area (TPSA) is 85.9 Å². The molecule has 3 N–H and O–H groups in total. The molecule has 1 aliphatic carbocycles. The fourth-order valence-corrected chi connectivity index (χ4v) is 3.20.